The van der Waals surface area contributed by atoms with Crippen LogP contribution in [0.3, 0.4) is 0 Å². The van der Waals surface area contributed by atoms with Crippen molar-refractivity contribution in [1.82, 2.24) is 4.90 Å². The fourth-order valence-corrected chi connectivity index (χ4v) is 4.02. The molecule has 152 valence electrons. The molecule has 0 saturated carbocycles. The van der Waals surface area contributed by atoms with E-state index < -0.39 is 5.60 Å². The lowest BCUT2D eigenvalue weighted by Crippen LogP contribution is -2.52. The maximum atomic E-state index is 12.9. The van der Waals surface area contributed by atoms with E-state index in [4.69, 9.17) is 9.47 Å². The SMILES string of the molecule is COc1ccc2c(c1)C(=O)CC1(CCN(C(=O)/C(C#N)=C/c3ccccc3)CC1)O2. The lowest BCUT2D eigenvalue weighted by atomic mass is 9.82. The van der Waals surface area contributed by atoms with Gasteiger partial charge in [0.15, 0.2) is 5.78 Å². The van der Waals surface area contributed by atoms with Crippen LogP contribution in [0.5, 0.6) is 11.5 Å². The van der Waals surface area contributed by atoms with Crippen LogP contribution in [0.4, 0.5) is 0 Å². The van der Waals surface area contributed by atoms with Crippen molar-refractivity contribution < 1.29 is 19.1 Å². The van der Waals surface area contributed by atoms with Crippen molar-refractivity contribution in [2.24, 2.45) is 0 Å². The summed E-state index contributed by atoms with van der Waals surface area (Å²) in [7, 11) is 1.56. The molecule has 6 nitrogen and oxygen atoms in total. The Morgan fingerprint density at radius 1 is 1.20 bits per heavy atom. The van der Waals surface area contributed by atoms with Crippen LogP contribution in [0.1, 0.15) is 35.2 Å². The van der Waals surface area contributed by atoms with Gasteiger partial charge in [0.1, 0.15) is 28.7 Å². The molecule has 2 aromatic rings. The van der Waals surface area contributed by atoms with Gasteiger partial charge in [-0.2, -0.15) is 5.26 Å². The first-order valence-electron chi connectivity index (χ1n) is 9.90. The summed E-state index contributed by atoms with van der Waals surface area (Å²) < 4.78 is 11.4. The third kappa shape index (κ3) is 3.79. The number of likely N-dealkylation sites (tertiary alicyclic amines) is 1. The molecule has 6 heteroatoms. The van der Waals surface area contributed by atoms with Crippen LogP contribution >= 0.6 is 0 Å². The number of hydrogen-bond donors (Lipinski definition) is 0. The molecule has 1 saturated heterocycles. The summed E-state index contributed by atoms with van der Waals surface area (Å²) in [4.78, 5) is 27.3. The summed E-state index contributed by atoms with van der Waals surface area (Å²) in [5.74, 6) is 0.921. The fraction of sp³-hybridized carbons (Fsp3) is 0.292. The van der Waals surface area contributed by atoms with E-state index >= 15 is 0 Å². The molecule has 0 atom stereocenters. The number of methoxy groups -OCH3 is 1. The number of piperidine rings is 1. The Morgan fingerprint density at radius 3 is 2.60 bits per heavy atom. The first kappa shape index (κ1) is 19.7. The number of ketones is 1. The zero-order chi connectivity index (χ0) is 21.1. The van der Waals surface area contributed by atoms with E-state index in [2.05, 4.69) is 0 Å². The Kier molecular flexibility index (Phi) is 5.28. The van der Waals surface area contributed by atoms with Gasteiger partial charge in [-0.3, -0.25) is 9.59 Å². The average Bonchev–Trinajstić information content (AvgIpc) is 2.78. The normalized spacial score (nSPS) is 17.7. The summed E-state index contributed by atoms with van der Waals surface area (Å²) in [5.41, 5.74) is 0.848. The smallest absolute Gasteiger partial charge is 0.264 e. The van der Waals surface area contributed by atoms with E-state index in [1.165, 1.54) is 0 Å². The molecule has 2 aromatic carbocycles. The van der Waals surface area contributed by atoms with Gasteiger partial charge < -0.3 is 14.4 Å². The molecule has 0 radical (unpaired) electrons. The van der Waals surface area contributed by atoms with Gasteiger partial charge in [-0.05, 0) is 29.8 Å². The highest BCUT2D eigenvalue weighted by Gasteiger charge is 2.44. The van der Waals surface area contributed by atoms with Gasteiger partial charge >= 0.3 is 0 Å². The summed E-state index contributed by atoms with van der Waals surface area (Å²) >= 11 is 0. The van der Waals surface area contributed by atoms with Gasteiger partial charge in [0, 0.05) is 25.9 Å². The number of fused-ring (bicyclic) bond motifs is 1. The van der Waals surface area contributed by atoms with Crippen molar-refractivity contribution in [2.45, 2.75) is 24.9 Å². The molecule has 2 heterocycles. The number of carbonyl (C=O) groups is 2. The quantitative estimate of drug-likeness (QED) is 0.579. The minimum Gasteiger partial charge on any atom is -0.497 e. The van der Waals surface area contributed by atoms with Gasteiger partial charge in [-0.1, -0.05) is 30.3 Å². The van der Waals surface area contributed by atoms with E-state index in [-0.39, 0.29) is 23.7 Å². The fourth-order valence-electron chi connectivity index (χ4n) is 4.02. The number of rotatable bonds is 3. The van der Waals surface area contributed by atoms with Crippen LogP contribution < -0.4 is 9.47 Å². The Balaban J connectivity index is 1.47. The number of hydrogen-bond acceptors (Lipinski definition) is 5. The number of nitriles is 1. The minimum absolute atomic E-state index is 0.0246. The molecule has 30 heavy (non-hydrogen) atoms. The Hall–Kier alpha value is -3.59. The van der Waals surface area contributed by atoms with Crippen molar-refractivity contribution in [1.29, 1.82) is 5.26 Å². The maximum Gasteiger partial charge on any atom is 0.264 e. The summed E-state index contributed by atoms with van der Waals surface area (Å²) in [6.45, 7) is 0.872. The van der Waals surface area contributed by atoms with Crippen LogP contribution in [0.15, 0.2) is 54.1 Å². The van der Waals surface area contributed by atoms with E-state index in [1.807, 2.05) is 36.4 Å². The third-order valence-electron chi connectivity index (χ3n) is 5.72. The van der Waals surface area contributed by atoms with Crippen molar-refractivity contribution in [3.05, 3.63) is 65.2 Å². The van der Waals surface area contributed by atoms with Crippen LogP contribution in [0.25, 0.3) is 6.08 Å². The molecule has 1 amide bonds. The first-order valence-corrected chi connectivity index (χ1v) is 9.90. The second-order valence-electron chi connectivity index (χ2n) is 7.62. The lowest BCUT2D eigenvalue weighted by Gasteiger charge is -2.43. The van der Waals surface area contributed by atoms with Crippen LogP contribution in [-0.4, -0.2) is 42.4 Å². The number of Topliss-reactive ketones (excluding diaryl/α,β-unsaturated/α-hetero) is 1. The second-order valence-corrected chi connectivity index (χ2v) is 7.62. The molecule has 2 aliphatic rings. The summed E-state index contributed by atoms with van der Waals surface area (Å²) in [5, 5.41) is 9.47. The molecule has 1 spiro atoms. The van der Waals surface area contributed by atoms with Crippen molar-refractivity contribution in [2.75, 3.05) is 20.2 Å². The van der Waals surface area contributed by atoms with Gasteiger partial charge in [0.05, 0.1) is 19.1 Å². The van der Waals surface area contributed by atoms with Crippen molar-refractivity contribution in [3.8, 4) is 17.6 Å². The standard InChI is InChI=1S/C24H22N2O4/c1-29-19-7-8-22-20(14-19)21(27)15-24(30-22)9-11-26(12-10-24)23(28)18(16-25)13-17-5-3-2-4-6-17/h2-8,13-14H,9-12,15H2,1H3/b18-13+. The molecular weight excluding hydrogens is 380 g/mol. The molecule has 1 fully saturated rings. The van der Waals surface area contributed by atoms with Crippen LogP contribution in [0.2, 0.25) is 0 Å². The largest absolute Gasteiger partial charge is 0.497 e. The van der Waals surface area contributed by atoms with Gasteiger partial charge in [-0.25, -0.2) is 0 Å². The van der Waals surface area contributed by atoms with Gasteiger partial charge in [-0.15, -0.1) is 0 Å². The number of carbonyl (C=O) groups excluding carboxylic acids is 2. The molecule has 0 aromatic heterocycles. The molecule has 2 aliphatic heterocycles. The average molecular weight is 402 g/mol. The number of ether oxygens (including phenoxy) is 2. The van der Waals surface area contributed by atoms with E-state index in [1.54, 1.807) is 36.3 Å². The summed E-state index contributed by atoms with van der Waals surface area (Å²) in [6.07, 6.45) is 2.97. The number of amides is 1. The van der Waals surface area contributed by atoms with Crippen LogP contribution in [0, 0.1) is 11.3 Å². The van der Waals surface area contributed by atoms with Crippen molar-refractivity contribution in [3.63, 3.8) is 0 Å². The topological polar surface area (TPSA) is 79.6 Å². The zero-order valence-corrected chi connectivity index (χ0v) is 16.8. The lowest BCUT2D eigenvalue weighted by molar-refractivity contribution is -0.130. The number of benzene rings is 2. The summed E-state index contributed by atoms with van der Waals surface area (Å²) in [6, 6.07) is 16.6. The van der Waals surface area contributed by atoms with Crippen LogP contribution in [-0.2, 0) is 4.79 Å². The molecule has 0 N–H and O–H groups in total. The predicted molar refractivity (Wildman–Crippen MR) is 111 cm³/mol. The zero-order valence-electron chi connectivity index (χ0n) is 16.8. The van der Waals surface area contributed by atoms with E-state index in [9.17, 15) is 14.9 Å². The minimum atomic E-state index is -0.606. The predicted octanol–water partition coefficient (Wildman–Crippen LogP) is 3.63. The maximum absolute atomic E-state index is 12.9. The Labute approximate surface area is 175 Å². The Morgan fingerprint density at radius 2 is 1.93 bits per heavy atom. The monoisotopic (exact) mass is 402 g/mol. The van der Waals surface area contributed by atoms with E-state index in [0.29, 0.717) is 43.0 Å². The second kappa shape index (κ2) is 8.03. The highest BCUT2D eigenvalue weighted by Crippen LogP contribution is 2.40. The van der Waals surface area contributed by atoms with Crippen molar-refractivity contribution >= 4 is 17.8 Å². The van der Waals surface area contributed by atoms with Gasteiger partial charge in [0.25, 0.3) is 5.91 Å². The molecular formula is C24H22N2O4. The third-order valence-corrected chi connectivity index (χ3v) is 5.72. The van der Waals surface area contributed by atoms with E-state index in [0.717, 1.165) is 5.56 Å². The first-order chi connectivity index (χ1) is 14.5. The van der Waals surface area contributed by atoms with Gasteiger partial charge in [0.2, 0.25) is 0 Å². The highest BCUT2D eigenvalue weighted by atomic mass is 16.5. The Bertz CT molecular complexity index is 1040. The molecule has 0 bridgehead atoms. The molecule has 0 aliphatic carbocycles. The highest BCUT2D eigenvalue weighted by molar-refractivity contribution is 6.02. The number of nitrogens with zero attached hydrogens (tertiary/aromatic N) is 2. The molecule has 0 unspecified atom stereocenters. The molecule has 4 rings (SSSR count).